The van der Waals surface area contributed by atoms with Crippen molar-refractivity contribution in [3.63, 3.8) is 0 Å². The van der Waals surface area contributed by atoms with E-state index < -0.39 is 22.8 Å². The second-order valence-electron chi connectivity index (χ2n) is 8.17. The van der Waals surface area contributed by atoms with E-state index in [0.29, 0.717) is 18.5 Å². The van der Waals surface area contributed by atoms with E-state index in [1.165, 1.54) is 43.7 Å². The molecule has 164 valence electrons. The number of aliphatic hydroxyl groups is 1. The lowest BCUT2D eigenvalue weighted by Gasteiger charge is -2.42. The van der Waals surface area contributed by atoms with Gasteiger partial charge in [0, 0.05) is 12.2 Å². The number of hydrogen-bond donors (Lipinski definition) is 1. The first-order valence-corrected chi connectivity index (χ1v) is 10.2. The van der Waals surface area contributed by atoms with Crippen LogP contribution in [0.25, 0.3) is 11.3 Å². The smallest absolute Gasteiger partial charge is 0.185 e. The highest BCUT2D eigenvalue weighted by molar-refractivity contribution is 5.99. The minimum atomic E-state index is -0.933. The topological polar surface area (TPSA) is 72.3 Å². The standard InChI is InChI=1S/C24H26F2N2O3/c1-14(2)24(21(30)12-16(29)9-11-31-4)10-8-15(3)17-13-20(27-28-23(17)24)22-18(25)6-5-7-19(22)26/h5-7,9,11-15,30H,8,10H2,1-4H3/b11-9+,21-12-/t15-,24-/m0/s1. The molecule has 0 unspecified atom stereocenters. The summed E-state index contributed by atoms with van der Waals surface area (Å²) in [5, 5.41) is 19.5. The van der Waals surface area contributed by atoms with Crippen molar-refractivity contribution in [3.05, 3.63) is 71.3 Å². The number of halogens is 2. The van der Waals surface area contributed by atoms with Crippen LogP contribution in [0.15, 0.2) is 48.4 Å². The molecule has 1 heterocycles. The highest BCUT2D eigenvalue weighted by Gasteiger charge is 2.47. The van der Waals surface area contributed by atoms with E-state index in [4.69, 9.17) is 4.74 Å². The second-order valence-corrected chi connectivity index (χ2v) is 8.17. The van der Waals surface area contributed by atoms with Crippen molar-refractivity contribution in [1.82, 2.24) is 10.2 Å². The molecular weight excluding hydrogens is 402 g/mol. The molecule has 0 spiro atoms. The van der Waals surface area contributed by atoms with E-state index in [-0.39, 0.29) is 28.9 Å². The first kappa shape index (κ1) is 22.6. The Bertz CT molecular complexity index is 1030. The van der Waals surface area contributed by atoms with Crippen molar-refractivity contribution < 1.29 is 23.4 Å². The Kier molecular flexibility index (Phi) is 6.53. The van der Waals surface area contributed by atoms with Crippen LogP contribution in [0.5, 0.6) is 0 Å². The summed E-state index contributed by atoms with van der Waals surface area (Å²) in [4.78, 5) is 12.2. The molecule has 7 heteroatoms. The molecule has 0 saturated heterocycles. The molecule has 31 heavy (non-hydrogen) atoms. The number of methoxy groups -OCH3 is 1. The van der Waals surface area contributed by atoms with Crippen LogP contribution in [0.2, 0.25) is 0 Å². The van der Waals surface area contributed by atoms with Crippen LogP contribution < -0.4 is 0 Å². The number of ketones is 1. The zero-order valence-corrected chi connectivity index (χ0v) is 18.0. The number of fused-ring (bicyclic) bond motifs is 1. The number of carbonyl (C=O) groups excluding carboxylic acids is 1. The Morgan fingerprint density at radius 3 is 2.58 bits per heavy atom. The summed E-state index contributed by atoms with van der Waals surface area (Å²) in [5.74, 6) is -2.03. The van der Waals surface area contributed by atoms with Crippen LogP contribution in [-0.2, 0) is 14.9 Å². The van der Waals surface area contributed by atoms with Gasteiger partial charge in [0.05, 0.1) is 35.7 Å². The molecular formula is C24H26F2N2O3. The number of carbonyl (C=O) groups is 1. The fourth-order valence-corrected chi connectivity index (χ4v) is 4.27. The van der Waals surface area contributed by atoms with Gasteiger partial charge in [-0.3, -0.25) is 4.79 Å². The fourth-order valence-electron chi connectivity index (χ4n) is 4.27. The summed E-state index contributed by atoms with van der Waals surface area (Å²) in [6.45, 7) is 5.87. The Balaban J connectivity index is 2.17. The van der Waals surface area contributed by atoms with Gasteiger partial charge in [-0.2, -0.15) is 5.10 Å². The predicted octanol–water partition coefficient (Wildman–Crippen LogP) is 5.38. The summed E-state index contributed by atoms with van der Waals surface area (Å²) < 4.78 is 33.4. The average molecular weight is 428 g/mol. The SMILES string of the molecule is CO/C=C/C(=O)/C=C(\O)[C@@]1(C(C)C)CC[C@H](C)c2cc(-c3c(F)cccc3F)nnc21. The Hall–Kier alpha value is -3.09. The maximum absolute atomic E-state index is 14.3. The highest BCUT2D eigenvalue weighted by atomic mass is 19.1. The highest BCUT2D eigenvalue weighted by Crippen LogP contribution is 2.50. The van der Waals surface area contributed by atoms with Crippen molar-refractivity contribution in [1.29, 1.82) is 0 Å². The summed E-state index contributed by atoms with van der Waals surface area (Å²) in [6, 6.07) is 5.29. The number of aromatic nitrogens is 2. The van der Waals surface area contributed by atoms with E-state index in [1.807, 2.05) is 20.8 Å². The maximum atomic E-state index is 14.3. The molecule has 1 aliphatic carbocycles. The second kappa shape index (κ2) is 8.96. The third-order valence-electron chi connectivity index (χ3n) is 6.06. The summed E-state index contributed by atoms with van der Waals surface area (Å²) in [7, 11) is 1.42. The van der Waals surface area contributed by atoms with E-state index in [0.717, 1.165) is 5.56 Å². The molecule has 3 rings (SSSR count). The van der Waals surface area contributed by atoms with Crippen LogP contribution in [0.3, 0.4) is 0 Å². The van der Waals surface area contributed by atoms with Crippen LogP contribution in [0.4, 0.5) is 8.78 Å². The molecule has 5 nitrogen and oxygen atoms in total. The number of hydrogen-bond acceptors (Lipinski definition) is 5. The fraction of sp³-hybridized carbons (Fsp3) is 0.375. The lowest BCUT2D eigenvalue weighted by Crippen LogP contribution is -2.40. The van der Waals surface area contributed by atoms with Gasteiger partial charge >= 0.3 is 0 Å². The summed E-state index contributed by atoms with van der Waals surface area (Å²) in [6.07, 6.45) is 4.88. The monoisotopic (exact) mass is 428 g/mol. The van der Waals surface area contributed by atoms with Crippen molar-refractivity contribution in [3.8, 4) is 11.3 Å². The van der Waals surface area contributed by atoms with E-state index in [2.05, 4.69) is 10.2 Å². The van der Waals surface area contributed by atoms with E-state index in [9.17, 15) is 18.7 Å². The zero-order valence-electron chi connectivity index (χ0n) is 18.0. The van der Waals surface area contributed by atoms with E-state index in [1.54, 1.807) is 6.07 Å². The predicted molar refractivity (Wildman–Crippen MR) is 113 cm³/mol. The minimum absolute atomic E-state index is 0.0443. The van der Waals surface area contributed by atoms with Gasteiger partial charge < -0.3 is 9.84 Å². The lowest BCUT2D eigenvalue weighted by atomic mass is 9.62. The summed E-state index contributed by atoms with van der Waals surface area (Å²) >= 11 is 0. The number of ether oxygens (including phenoxy) is 1. The molecule has 1 N–H and O–H groups in total. The molecule has 0 radical (unpaired) electrons. The number of allylic oxidation sites excluding steroid dienone is 3. The van der Waals surface area contributed by atoms with Gasteiger partial charge in [-0.1, -0.05) is 26.8 Å². The summed E-state index contributed by atoms with van der Waals surface area (Å²) in [5.41, 5.74) is 0.220. The molecule has 0 fully saturated rings. The Morgan fingerprint density at radius 1 is 1.29 bits per heavy atom. The first-order chi connectivity index (χ1) is 14.7. The Morgan fingerprint density at radius 2 is 1.97 bits per heavy atom. The quantitative estimate of drug-likeness (QED) is 0.494. The van der Waals surface area contributed by atoms with Gasteiger partial charge in [0.15, 0.2) is 5.78 Å². The van der Waals surface area contributed by atoms with Gasteiger partial charge in [-0.05, 0) is 48.4 Å². The van der Waals surface area contributed by atoms with Crippen LogP contribution in [-0.4, -0.2) is 28.2 Å². The van der Waals surface area contributed by atoms with Gasteiger partial charge in [-0.15, -0.1) is 5.10 Å². The molecule has 0 bridgehead atoms. The number of aliphatic hydroxyl groups excluding tert-OH is 1. The van der Waals surface area contributed by atoms with Crippen molar-refractivity contribution in [2.75, 3.05) is 7.11 Å². The first-order valence-electron chi connectivity index (χ1n) is 10.2. The van der Waals surface area contributed by atoms with Gasteiger partial charge in [0.25, 0.3) is 0 Å². The van der Waals surface area contributed by atoms with Crippen LogP contribution >= 0.6 is 0 Å². The van der Waals surface area contributed by atoms with Gasteiger partial charge in [0.1, 0.15) is 17.4 Å². The van der Waals surface area contributed by atoms with Crippen molar-refractivity contribution >= 4 is 5.78 Å². The van der Waals surface area contributed by atoms with Gasteiger partial charge in [0.2, 0.25) is 0 Å². The average Bonchev–Trinajstić information content (AvgIpc) is 2.72. The molecule has 0 saturated carbocycles. The van der Waals surface area contributed by atoms with Gasteiger partial charge in [-0.25, -0.2) is 8.78 Å². The van der Waals surface area contributed by atoms with Crippen LogP contribution in [0.1, 0.15) is 50.8 Å². The molecule has 1 aliphatic rings. The van der Waals surface area contributed by atoms with Crippen molar-refractivity contribution in [2.45, 2.75) is 44.9 Å². The third-order valence-corrected chi connectivity index (χ3v) is 6.06. The van der Waals surface area contributed by atoms with Crippen molar-refractivity contribution in [2.24, 2.45) is 5.92 Å². The number of nitrogens with zero attached hydrogens (tertiary/aromatic N) is 2. The molecule has 0 amide bonds. The molecule has 2 atom stereocenters. The minimum Gasteiger partial charge on any atom is -0.511 e. The van der Waals surface area contributed by atoms with E-state index >= 15 is 0 Å². The number of rotatable bonds is 6. The zero-order chi connectivity index (χ0) is 22.8. The molecule has 1 aromatic carbocycles. The Labute approximate surface area is 180 Å². The lowest BCUT2D eigenvalue weighted by molar-refractivity contribution is -0.110. The number of benzene rings is 1. The third kappa shape index (κ3) is 4.09. The van der Waals surface area contributed by atoms with Crippen LogP contribution in [0, 0.1) is 17.6 Å². The molecule has 1 aromatic heterocycles. The maximum Gasteiger partial charge on any atom is 0.185 e. The largest absolute Gasteiger partial charge is 0.511 e. The molecule has 2 aromatic rings. The normalized spacial score (nSPS) is 21.4. The molecule has 0 aliphatic heterocycles.